The van der Waals surface area contributed by atoms with Crippen LogP contribution in [0.5, 0.6) is 0 Å². The van der Waals surface area contributed by atoms with Crippen molar-refractivity contribution in [3.8, 4) is 0 Å². The van der Waals surface area contributed by atoms with Gasteiger partial charge < -0.3 is 0 Å². The highest BCUT2D eigenvalue weighted by molar-refractivity contribution is 6.48. The molecule has 0 atom stereocenters. The van der Waals surface area contributed by atoms with Gasteiger partial charge in [0.05, 0.1) is 0 Å². The Morgan fingerprint density at radius 2 is 2.12 bits per heavy atom. The molecule has 0 aliphatic heterocycles. The summed E-state index contributed by atoms with van der Waals surface area (Å²) in [6, 6.07) is 0. The van der Waals surface area contributed by atoms with E-state index in [1.54, 1.807) is 0 Å². The molecular weight excluding hydrogens is 149 g/mol. The minimum Gasteiger partial charge on any atom is -0.148 e. The molecule has 0 amide bonds. The molecule has 0 aromatic rings. The Morgan fingerprint density at radius 3 is 2.25 bits per heavy atom. The molecule has 0 N–H and O–H groups in total. The average Bonchev–Trinajstić information content (AvgIpc) is 1.67. The van der Waals surface area contributed by atoms with Crippen molar-refractivity contribution in [1.29, 1.82) is 0 Å². The molecule has 0 saturated carbocycles. The highest BCUT2D eigenvalue weighted by Gasteiger charge is 2.22. The molecule has 4 heteroatoms. The number of nitrogens with zero attached hydrogens (tertiary/aromatic N) is 1. The summed E-state index contributed by atoms with van der Waals surface area (Å²) in [5, 5.41) is 2.49. The van der Waals surface area contributed by atoms with Crippen LogP contribution in [0.25, 0.3) is 0 Å². The summed E-state index contributed by atoms with van der Waals surface area (Å²) in [5.41, 5.74) is 0. The zero-order chi connectivity index (χ0) is 6.62. The van der Waals surface area contributed by atoms with Gasteiger partial charge in [0.25, 0.3) is 0 Å². The van der Waals surface area contributed by atoms with E-state index in [0.29, 0.717) is 6.42 Å². The van der Waals surface area contributed by atoms with Gasteiger partial charge in [-0.2, -0.15) is 0 Å². The van der Waals surface area contributed by atoms with E-state index < -0.39 is 4.46 Å². The van der Waals surface area contributed by atoms with Gasteiger partial charge in [0, 0.05) is 6.42 Å². The molecule has 0 saturated heterocycles. The molecule has 0 aromatic heterocycles. The van der Waals surface area contributed by atoms with Gasteiger partial charge in [0.2, 0.25) is 4.46 Å². The predicted molar refractivity (Wildman–Crippen MR) is 35.1 cm³/mol. The minimum absolute atomic E-state index is 0.416. The van der Waals surface area contributed by atoms with E-state index in [1.165, 1.54) is 0 Å². The van der Waals surface area contributed by atoms with Crippen LogP contribution in [0.3, 0.4) is 0 Å². The highest BCUT2D eigenvalue weighted by Crippen LogP contribution is 2.27. The van der Waals surface area contributed by atoms with Gasteiger partial charge in [-0.1, -0.05) is 36.5 Å². The monoisotopic (exact) mass is 155 g/mol. The maximum atomic E-state index is 9.70. The maximum absolute atomic E-state index is 9.70. The molecule has 2 nitrogen and oxygen atoms in total. The Balaban J connectivity index is 3.53. The molecule has 0 aliphatic carbocycles. The number of halogens is 2. The van der Waals surface area contributed by atoms with Gasteiger partial charge in [0.1, 0.15) is 0 Å². The van der Waals surface area contributed by atoms with E-state index in [-0.39, 0.29) is 0 Å². The lowest BCUT2D eigenvalue weighted by Crippen LogP contribution is -2.05. The van der Waals surface area contributed by atoms with Crippen molar-refractivity contribution in [3.05, 3.63) is 4.91 Å². The van der Waals surface area contributed by atoms with Gasteiger partial charge in [-0.05, 0) is 5.18 Å². The van der Waals surface area contributed by atoms with Crippen LogP contribution in [0.4, 0.5) is 0 Å². The number of hydrogen-bond donors (Lipinski definition) is 0. The van der Waals surface area contributed by atoms with Crippen LogP contribution in [0.2, 0.25) is 0 Å². The van der Waals surface area contributed by atoms with Crippen LogP contribution in [-0.4, -0.2) is 4.46 Å². The normalized spacial score (nSPS) is 11.4. The summed E-state index contributed by atoms with van der Waals surface area (Å²) in [5.74, 6) is 0. The molecule has 48 valence electrons. The van der Waals surface area contributed by atoms with E-state index >= 15 is 0 Å². The second kappa shape index (κ2) is 3.25. The van der Waals surface area contributed by atoms with Gasteiger partial charge in [-0.15, -0.1) is 4.91 Å². The lowest BCUT2D eigenvalue weighted by Gasteiger charge is -2.05. The van der Waals surface area contributed by atoms with Crippen LogP contribution in [0, 0.1) is 4.91 Å². The summed E-state index contributed by atoms with van der Waals surface area (Å²) >= 11 is 10.6. The fourth-order valence-corrected chi connectivity index (χ4v) is 0.724. The third kappa shape index (κ3) is 3.22. The number of hydrogen-bond acceptors (Lipinski definition) is 2. The van der Waals surface area contributed by atoms with Crippen molar-refractivity contribution < 1.29 is 0 Å². The molecule has 0 aromatic carbocycles. The molecule has 0 bridgehead atoms. The Bertz CT molecular complexity index is 84.1. The van der Waals surface area contributed by atoms with E-state index in [0.717, 1.165) is 6.42 Å². The number of rotatable bonds is 3. The third-order valence-electron chi connectivity index (χ3n) is 0.684. The standard InChI is InChI=1S/C4H7Cl2NO/c1-2-3-4(5,6)7-8/h2-3H2,1H3. The van der Waals surface area contributed by atoms with E-state index in [4.69, 9.17) is 23.2 Å². The fraction of sp³-hybridized carbons (Fsp3) is 1.00. The van der Waals surface area contributed by atoms with Gasteiger partial charge in [-0.25, -0.2) is 0 Å². The lowest BCUT2D eigenvalue weighted by molar-refractivity contribution is 0.700. The number of nitroso groups, excluding NO2 is 1. The predicted octanol–water partition coefficient (Wildman–Crippen LogP) is 2.68. The quantitative estimate of drug-likeness (QED) is 0.350. The van der Waals surface area contributed by atoms with Crippen molar-refractivity contribution in [2.24, 2.45) is 5.18 Å². The van der Waals surface area contributed by atoms with Crippen molar-refractivity contribution >= 4 is 23.2 Å². The summed E-state index contributed by atoms with van der Waals surface area (Å²) in [6.07, 6.45) is 1.18. The Hall–Kier alpha value is 0.180. The molecule has 0 fully saturated rings. The summed E-state index contributed by atoms with van der Waals surface area (Å²) in [7, 11) is 0. The van der Waals surface area contributed by atoms with Crippen molar-refractivity contribution in [1.82, 2.24) is 0 Å². The largest absolute Gasteiger partial charge is 0.248 e. The van der Waals surface area contributed by atoms with Crippen LogP contribution < -0.4 is 0 Å². The van der Waals surface area contributed by atoms with Crippen molar-refractivity contribution in [3.63, 3.8) is 0 Å². The van der Waals surface area contributed by atoms with E-state index in [9.17, 15) is 4.91 Å². The lowest BCUT2D eigenvalue weighted by atomic mass is 10.3. The SMILES string of the molecule is CCCC(Cl)(Cl)N=O. The molecule has 8 heavy (non-hydrogen) atoms. The van der Waals surface area contributed by atoms with Crippen molar-refractivity contribution in [2.45, 2.75) is 24.2 Å². The fourth-order valence-electron chi connectivity index (χ4n) is 0.346. The summed E-state index contributed by atoms with van der Waals surface area (Å²) in [6.45, 7) is 1.88. The van der Waals surface area contributed by atoms with Crippen LogP contribution in [0.15, 0.2) is 5.18 Å². The molecule has 0 unspecified atom stereocenters. The van der Waals surface area contributed by atoms with Gasteiger partial charge in [0.15, 0.2) is 0 Å². The molecule has 0 radical (unpaired) electrons. The maximum Gasteiger partial charge on any atom is 0.248 e. The van der Waals surface area contributed by atoms with E-state index in [1.807, 2.05) is 6.92 Å². The molecular formula is C4H7Cl2NO. The second-order valence-corrected chi connectivity index (χ2v) is 2.95. The van der Waals surface area contributed by atoms with E-state index in [2.05, 4.69) is 5.18 Å². The molecule has 0 rings (SSSR count). The zero-order valence-electron chi connectivity index (χ0n) is 4.53. The average molecular weight is 156 g/mol. The molecule has 0 aliphatic rings. The van der Waals surface area contributed by atoms with Crippen molar-refractivity contribution in [2.75, 3.05) is 0 Å². The smallest absolute Gasteiger partial charge is 0.148 e. The highest BCUT2D eigenvalue weighted by atomic mass is 35.5. The van der Waals surface area contributed by atoms with Crippen LogP contribution in [-0.2, 0) is 0 Å². The van der Waals surface area contributed by atoms with Gasteiger partial charge >= 0.3 is 0 Å². The zero-order valence-corrected chi connectivity index (χ0v) is 6.04. The first kappa shape index (κ1) is 8.18. The topological polar surface area (TPSA) is 29.4 Å². The molecule has 0 spiro atoms. The first-order chi connectivity index (χ1) is 3.62. The minimum atomic E-state index is -1.39. The summed E-state index contributed by atoms with van der Waals surface area (Å²) in [4.78, 5) is 9.70. The van der Waals surface area contributed by atoms with Crippen LogP contribution in [0.1, 0.15) is 19.8 Å². The van der Waals surface area contributed by atoms with Gasteiger partial charge in [-0.3, -0.25) is 0 Å². The first-order valence-electron chi connectivity index (χ1n) is 2.34. The number of alkyl halides is 2. The Labute approximate surface area is 58.1 Å². The summed E-state index contributed by atoms with van der Waals surface area (Å²) < 4.78 is -1.39. The second-order valence-electron chi connectivity index (χ2n) is 1.51. The molecule has 0 heterocycles. The Morgan fingerprint density at radius 1 is 1.62 bits per heavy atom. The Kier molecular flexibility index (Phi) is 3.33. The third-order valence-corrected chi connectivity index (χ3v) is 1.20. The first-order valence-corrected chi connectivity index (χ1v) is 3.10. The van der Waals surface area contributed by atoms with Crippen LogP contribution >= 0.6 is 23.2 Å².